The molecule has 1 amide bonds. The van der Waals surface area contributed by atoms with Crippen molar-refractivity contribution in [3.63, 3.8) is 0 Å². The monoisotopic (exact) mass is 236 g/mol. The number of rotatable bonds is 4. The van der Waals surface area contributed by atoms with Crippen LogP contribution in [0.4, 0.5) is 5.82 Å². The number of aromatic nitrogens is 2. The van der Waals surface area contributed by atoms with Crippen molar-refractivity contribution in [3.05, 3.63) is 18.1 Å². The van der Waals surface area contributed by atoms with Crippen molar-refractivity contribution < 1.29 is 9.53 Å². The van der Waals surface area contributed by atoms with E-state index in [4.69, 9.17) is 4.74 Å². The Morgan fingerprint density at radius 2 is 2.41 bits per heavy atom. The van der Waals surface area contributed by atoms with E-state index in [2.05, 4.69) is 20.6 Å². The third kappa shape index (κ3) is 3.13. The van der Waals surface area contributed by atoms with Crippen LogP contribution in [0.5, 0.6) is 0 Å². The Balaban J connectivity index is 1.93. The first-order valence-electron chi connectivity index (χ1n) is 5.74. The van der Waals surface area contributed by atoms with Crippen molar-refractivity contribution in [2.24, 2.45) is 0 Å². The quantitative estimate of drug-likeness (QED) is 0.792. The SMILES string of the molecule is CCNc1cnc(C(=O)NC2CCOC2)cn1. The topological polar surface area (TPSA) is 76.1 Å². The molecule has 1 fully saturated rings. The van der Waals surface area contributed by atoms with E-state index in [0.29, 0.717) is 24.7 Å². The lowest BCUT2D eigenvalue weighted by atomic mass is 10.2. The number of nitrogens with zero attached hydrogens (tertiary/aromatic N) is 2. The van der Waals surface area contributed by atoms with E-state index in [1.807, 2.05) is 6.92 Å². The Morgan fingerprint density at radius 3 is 3.00 bits per heavy atom. The highest BCUT2D eigenvalue weighted by Crippen LogP contribution is 2.05. The van der Waals surface area contributed by atoms with Crippen molar-refractivity contribution in [3.8, 4) is 0 Å². The number of carbonyl (C=O) groups excluding carboxylic acids is 1. The van der Waals surface area contributed by atoms with Gasteiger partial charge in [-0.25, -0.2) is 9.97 Å². The lowest BCUT2D eigenvalue weighted by Gasteiger charge is -2.09. The average molecular weight is 236 g/mol. The fourth-order valence-electron chi connectivity index (χ4n) is 1.63. The number of carbonyl (C=O) groups is 1. The number of anilines is 1. The summed E-state index contributed by atoms with van der Waals surface area (Å²) in [5.74, 6) is 0.476. The molecule has 0 aliphatic carbocycles. The smallest absolute Gasteiger partial charge is 0.271 e. The maximum absolute atomic E-state index is 11.8. The normalized spacial score (nSPS) is 19.0. The standard InChI is InChI=1S/C11H16N4O2/c1-2-12-10-6-13-9(5-14-10)11(16)15-8-3-4-17-7-8/h5-6,8H,2-4,7H2,1H3,(H,12,14)(H,15,16). The first-order chi connectivity index (χ1) is 8.29. The number of amides is 1. The molecule has 92 valence electrons. The molecule has 0 aromatic carbocycles. The number of ether oxygens (including phenoxy) is 1. The molecule has 0 bridgehead atoms. The van der Waals surface area contributed by atoms with Crippen LogP contribution in [0.3, 0.4) is 0 Å². The van der Waals surface area contributed by atoms with Gasteiger partial charge in [0.2, 0.25) is 0 Å². The van der Waals surface area contributed by atoms with Gasteiger partial charge in [-0.15, -0.1) is 0 Å². The van der Waals surface area contributed by atoms with E-state index in [1.165, 1.54) is 6.20 Å². The van der Waals surface area contributed by atoms with Gasteiger partial charge >= 0.3 is 0 Å². The van der Waals surface area contributed by atoms with E-state index in [0.717, 1.165) is 13.0 Å². The lowest BCUT2D eigenvalue weighted by Crippen LogP contribution is -2.35. The van der Waals surface area contributed by atoms with Crippen LogP contribution in [0.1, 0.15) is 23.8 Å². The molecule has 1 aromatic rings. The summed E-state index contributed by atoms with van der Waals surface area (Å²) in [6.07, 6.45) is 3.89. The van der Waals surface area contributed by atoms with Crippen LogP contribution in [0.15, 0.2) is 12.4 Å². The van der Waals surface area contributed by atoms with Gasteiger partial charge in [0.1, 0.15) is 11.5 Å². The lowest BCUT2D eigenvalue weighted by molar-refractivity contribution is 0.0924. The summed E-state index contributed by atoms with van der Waals surface area (Å²) in [5, 5.41) is 5.88. The second-order valence-corrected chi connectivity index (χ2v) is 3.85. The summed E-state index contributed by atoms with van der Waals surface area (Å²) in [6, 6.07) is 0.0951. The van der Waals surface area contributed by atoms with Crippen molar-refractivity contribution in [1.82, 2.24) is 15.3 Å². The molecule has 1 aromatic heterocycles. The fraction of sp³-hybridized carbons (Fsp3) is 0.545. The predicted octanol–water partition coefficient (Wildman–Crippen LogP) is 0.427. The molecular formula is C11H16N4O2. The Hall–Kier alpha value is -1.69. The molecule has 0 radical (unpaired) electrons. The molecule has 1 saturated heterocycles. The molecule has 1 aliphatic heterocycles. The molecule has 1 atom stereocenters. The van der Waals surface area contributed by atoms with Gasteiger partial charge < -0.3 is 15.4 Å². The van der Waals surface area contributed by atoms with Gasteiger partial charge in [-0.3, -0.25) is 4.79 Å². The number of hydrogen-bond donors (Lipinski definition) is 2. The maximum atomic E-state index is 11.8. The van der Waals surface area contributed by atoms with E-state index in [1.54, 1.807) is 6.20 Å². The minimum absolute atomic E-state index is 0.0951. The molecule has 0 spiro atoms. The first kappa shape index (κ1) is 11.8. The third-order valence-electron chi connectivity index (χ3n) is 2.51. The Kier molecular flexibility index (Phi) is 3.87. The largest absolute Gasteiger partial charge is 0.379 e. The van der Waals surface area contributed by atoms with E-state index in [9.17, 15) is 4.79 Å². The van der Waals surface area contributed by atoms with Gasteiger partial charge in [0.25, 0.3) is 5.91 Å². The maximum Gasteiger partial charge on any atom is 0.271 e. The highest BCUT2D eigenvalue weighted by Gasteiger charge is 2.19. The van der Waals surface area contributed by atoms with Gasteiger partial charge in [0, 0.05) is 13.2 Å². The molecule has 17 heavy (non-hydrogen) atoms. The van der Waals surface area contributed by atoms with Gasteiger partial charge in [-0.05, 0) is 13.3 Å². The van der Waals surface area contributed by atoms with Gasteiger partial charge in [-0.1, -0.05) is 0 Å². The molecule has 6 nitrogen and oxygen atoms in total. The van der Waals surface area contributed by atoms with Crippen LogP contribution in [-0.2, 0) is 4.74 Å². The minimum Gasteiger partial charge on any atom is -0.379 e. The highest BCUT2D eigenvalue weighted by molar-refractivity contribution is 5.92. The van der Waals surface area contributed by atoms with Crippen molar-refractivity contribution in [2.75, 3.05) is 25.1 Å². The van der Waals surface area contributed by atoms with Crippen LogP contribution in [0.2, 0.25) is 0 Å². The van der Waals surface area contributed by atoms with E-state index < -0.39 is 0 Å². The van der Waals surface area contributed by atoms with E-state index >= 15 is 0 Å². The van der Waals surface area contributed by atoms with Crippen molar-refractivity contribution in [2.45, 2.75) is 19.4 Å². The van der Waals surface area contributed by atoms with Crippen LogP contribution in [-0.4, -0.2) is 41.7 Å². The molecule has 1 aliphatic rings. The van der Waals surface area contributed by atoms with Crippen LogP contribution < -0.4 is 10.6 Å². The van der Waals surface area contributed by atoms with Gasteiger partial charge in [0.15, 0.2) is 0 Å². The van der Waals surface area contributed by atoms with Crippen LogP contribution >= 0.6 is 0 Å². The number of nitrogens with one attached hydrogen (secondary N) is 2. The van der Waals surface area contributed by atoms with Crippen LogP contribution in [0, 0.1) is 0 Å². The summed E-state index contributed by atoms with van der Waals surface area (Å²) < 4.78 is 5.18. The predicted molar refractivity (Wildman–Crippen MR) is 62.9 cm³/mol. The Labute approximate surface area is 99.8 Å². The molecule has 0 saturated carbocycles. The summed E-state index contributed by atoms with van der Waals surface area (Å²) in [5.41, 5.74) is 0.332. The molecule has 1 unspecified atom stereocenters. The summed E-state index contributed by atoms with van der Waals surface area (Å²) >= 11 is 0. The first-order valence-corrected chi connectivity index (χ1v) is 5.74. The molecular weight excluding hydrogens is 220 g/mol. The number of hydrogen-bond acceptors (Lipinski definition) is 5. The molecule has 2 heterocycles. The molecule has 2 rings (SSSR count). The van der Waals surface area contributed by atoms with Crippen LogP contribution in [0.25, 0.3) is 0 Å². The highest BCUT2D eigenvalue weighted by atomic mass is 16.5. The zero-order valence-corrected chi connectivity index (χ0v) is 9.77. The zero-order valence-electron chi connectivity index (χ0n) is 9.77. The minimum atomic E-state index is -0.198. The van der Waals surface area contributed by atoms with Crippen molar-refractivity contribution >= 4 is 11.7 Å². The summed E-state index contributed by atoms with van der Waals surface area (Å²) in [7, 11) is 0. The van der Waals surface area contributed by atoms with Crippen molar-refractivity contribution in [1.29, 1.82) is 0 Å². The Bertz CT molecular complexity index is 374. The Morgan fingerprint density at radius 1 is 1.53 bits per heavy atom. The third-order valence-corrected chi connectivity index (χ3v) is 2.51. The van der Waals surface area contributed by atoms with Gasteiger partial charge in [-0.2, -0.15) is 0 Å². The second-order valence-electron chi connectivity index (χ2n) is 3.85. The molecule has 6 heteroatoms. The fourth-order valence-corrected chi connectivity index (χ4v) is 1.63. The zero-order chi connectivity index (χ0) is 12.1. The van der Waals surface area contributed by atoms with Gasteiger partial charge in [0.05, 0.1) is 25.0 Å². The molecule has 2 N–H and O–H groups in total. The summed E-state index contributed by atoms with van der Waals surface area (Å²) in [4.78, 5) is 19.9. The van der Waals surface area contributed by atoms with E-state index in [-0.39, 0.29) is 11.9 Å². The second kappa shape index (κ2) is 5.58. The summed E-state index contributed by atoms with van der Waals surface area (Å²) in [6.45, 7) is 4.03. The average Bonchev–Trinajstić information content (AvgIpc) is 2.83.